The summed E-state index contributed by atoms with van der Waals surface area (Å²) in [5.41, 5.74) is 8.40. The van der Waals surface area contributed by atoms with Crippen LogP contribution in [0.5, 0.6) is 11.5 Å². The van der Waals surface area contributed by atoms with E-state index in [4.69, 9.17) is 24.9 Å². The van der Waals surface area contributed by atoms with Crippen molar-refractivity contribution in [3.63, 3.8) is 0 Å². The molecule has 1 saturated heterocycles. The van der Waals surface area contributed by atoms with Crippen LogP contribution in [-0.2, 0) is 17.9 Å². The van der Waals surface area contributed by atoms with Crippen molar-refractivity contribution < 1.29 is 19.0 Å². The molecular formula is C27H27BrN6O4S. The van der Waals surface area contributed by atoms with Crippen LogP contribution in [0.3, 0.4) is 0 Å². The number of likely N-dealkylation sites (tertiary alicyclic amines) is 1. The molecule has 2 N–H and O–H groups in total. The number of benzene rings is 2. The number of imidazole rings is 1. The highest BCUT2D eigenvalue weighted by atomic mass is 79.9. The minimum Gasteiger partial charge on any atom is -0.454 e. The van der Waals surface area contributed by atoms with E-state index in [2.05, 4.69) is 30.5 Å². The van der Waals surface area contributed by atoms with E-state index in [0.717, 1.165) is 39.4 Å². The molecule has 1 atom stereocenters. The molecule has 2 aliphatic heterocycles. The zero-order chi connectivity index (χ0) is 26.8. The second-order valence-electron chi connectivity index (χ2n) is 9.50. The Morgan fingerprint density at radius 2 is 2.00 bits per heavy atom. The number of nitrogens with two attached hydrogens (primary N) is 1. The number of ether oxygens (including phenoxy) is 3. The molecule has 0 bridgehead atoms. The van der Waals surface area contributed by atoms with Gasteiger partial charge in [-0.1, -0.05) is 42.1 Å². The van der Waals surface area contributed by atoms with Crippen LogP contribution in [-0.4, -0.2) is 50.4 Å². The Bertz CT molecular complexity index is 1500. The van der Waals surface area contributed by atoms with E-state index in [-0.39, 0.29) is 19.5 Å². The maximum Gasteiger partial charge on any atom is 0.410 e. The summed E-state index contributed by atoms with van der Waals surface area (Å²) in [5, 5.41) is 0.756. The van der Waals surface area contributed by atoms with Gasteiger partial charge in [0, 0.05) is 29.0 Å². The van der Waals surface area contributed by atoms with Crippen molar-refractivity contribution in [2.24, 2.45) is 5.92 Å². The van der Waals surface area contributed by atoms with Crippen LogP contribution in [0.4, 0.5) is 10.6 Å². The first-order valence-corrected chi connectivity index (χ1v) is 14.4. The highest BCUT2D eigenvalue weighted by Crippen LogP contribution is 2.43. The number of aromatic nitrogens is 4. The third-order valence-corrected chi connectivity index (χ3v) is 8.87. The van der Waals surface area contributed by atoms with Gasteiger partial charge in [0.2, 0.25) is 6.79 Å². The molecule has 202 valence electrons. The van der Waals surface area contributed by atoms with Crippen molar-refractivity contribution in [2.45, 2.75) is 42.5 Å². The molecule has 0 radical (unpaired) electrons. The summed E-state index contributed by atoms with van der Waals surface area (Å²) in [6.45, 7) is 2.53. The average molecular weight is 612 g/mol. The van der Waals surface area contributed by atoms with Crippen molar-refractivity contribution in [1.29, 1.82) is 0 Å². The number of amides is 1. The summed E-state index contributed by atoms with van der Waals surface area (Å²) in [5.74, 6) is 2.08. The smallest absolute Gasteiger partial charge is 0.410 e. The predicted octanol–water partition coefficient (Wildman–Crippen LogP) is 5.49. The number of halogens is 1. The summed E-state index contributed by atoms with van der Waals surface area (Å²) in [4.78, 5) is 29.0. The first-order chi connectivity index (χ1) is 19.0. The molecular weight excluding hydrogens is 584 g/mol. The van der Waals surface area contributed by atoms with Gasteiger partial charge >= 0.3 is 6.09 Å². The maximum atomic E-state index is 12.8. The lowest BCUT2D eigenvalue weighted by Crippen LogP contribution is -2.40. The lowest BCUT2D eigenvalue weighted by atomic mass is 9.95. The first kappa shape index (κ1) is 25.8. The molecule has 4 heterocycles. The van der Waals surface area contributed by atoms with E-state index in [1.54, 1.807) is 0 Å². The molecule has 0 spiro atoms. The maximum absolute atomic E-state index is 12.8. The van der Waals surface area contributed by atoms with Crippen LogP contribution >= 0.6 is 27.7 Å². The molecule has 0 aliphatic carbocycles. The normalized spacial score (nSPS) is 16.5. The van der Waals surface area contributed by atoms with E-state index in [1.165, 1.54) is 18.1 Å². The molecule has 39 heavy (non-hydrogen) atoms. The number of hydrogen-bond acceptors (Lipinski definition) is 9. The number of carbonyl (C=O) groups is 1. The number of hydrogen-bond donors (Lipinski definition) is 1. The molecule has 2 aromatic heterocycles. The van der Waals surface area contributed by atoms with Gasteiger partial charge in [-0.15, -0.1) is 0 Å². The van der Waals surface area contributed by atoms with Crippen molar-refractivity contribution in [1.82, 2.24) is 24.4 Å². The van der Waals surface area contributed by atoms with Crippen LogP contribution < -0.4 is 15.2 Å². The van der Waals surface area contributed by atoms with Crippen LogP contribution in [0, 0.1) is 5.92 Å². The largest absolute Gasteiger partial charge is 0.454 e. The summed E-state index contributed by atoms with van der Waals surface area (Å²) in [6.07, 6.45) is 4.04. The van der Waals surface area contributed by atoms with Crippen molar-refractivity contribution in [3.8, 4) is 11.5 Å². The molecule has 4 aromatic rings. The number of rotatable bonds is 7. The summed E-state index contributed by atoms with van der Waals surface area (Å²) in [7, 11) is 0. The van der Waals surface area contributed by atoms with Crippen LogP contribution in [0.2, 0.25) is 0 Å². The Labute approximate surface area is 238 Å². The lowest BCUT2D eigenvalue weighted by molar-refractivity contribution is 0.0773. The average Bonchev–Trinajstić information content (AvgIpc) is 3.56. The Hall–Kier alpha value is -3.51. The molecule has 6 rings (SSSR count). The van der Waals surface area contributed by atoms with Gasteiger partial charge in [0.15, 0.2) is 33.6 Å². The zero-order valence-corrected chi connectivity index (χ0v) is 23.5. The minimum absolute atomic E-state index is 0.207. The Morgan fingerprint density at radius 1 is 1.18 bits per heavy atom. The van der Waals surface area contributed by atoms with E-state index in [1.807, 2.05) is 47.4 Å². The lowest BCUT2D eigenvalue weighted by Gasteiger charge is -2.32. The summed E-state index contributed by atoms with van der Waals surface area (Å²) < 4.78 is 19.6. The number of fused-ring (bicyclic) bond motifs is 2. The van der Waals surface area contributed by atoms with Gasteiger partial charge in [-0.05, 0) is 58.8 Å². The third-order valence-electron chi connectivity index (χ3n) is 6.90. The molecule has 12 heteroatoms. The van der Waals surface area contributed by atoms with Crippen LogP contribution in [0.15, 0.2) is 63.3 Å². The monoisotopic (exact) mass is 610 g/mol. The van der Waals surface area contributed by atoms with Gasteiger partial charge < -0.3 is 29.4 Å². The SMILES string of the molecule is Nc1ncnc2c1nc(Sc1cc3c(cc1Br)OCO3)n2CCC1CCCN(C(=O)OCc2ccccc2)C1. The second kappa shape index (κ2) is 11.3. The number of piperidine rings is 1. The Balaban J connectivity index is 1.16. The Kier molecular flexibility index (Phi) is 7.47. The fraction of sp³-hybridized carbons (Fsp3) is 0.333. The number of nitrogens with zero attached hydrogens (tertiary/aromatic N) is 5. The quantitative estimate of drug-likeness (QED) is 0.290. The molecule has 2 aromatic carbocycles. The topological polar surface area (TPSA) is 118 Å². The van der Waals surface area contributed by atoms with Gasteiger partial charge in [0.25, 0.3) is 0 Å². The Morgan fingerprint density at radius 3 is 2.85 bits per heavy atom. The van der Waals surface area contributed by atoms with Gasteiger partial charge in [0.05, 0.1) is 0 Å². The molecule has 1 fully saturated rings. The number of carbonyl (C=O) groups excluding carboxylic acids is 1. The van der Waals surface area contributed by atoms with E-state index in [0.29, 0.717) is 54.0 Å². The van der Waals surface area contributed by atoms with Gasteiger partial charge in [-0.25, -0.2) is 19.7 Å². The van der Waals surface area contributed by atoms with Crippen LogP contribution in [0.25, 0.3) is 11.2 Å². The zero-order valence-electron chi connectivity index (χ0n) is 21.1. The van der Waals surface area contributed by atoms with E-state index < -0.39 is 0 Å². The fourth-order valence-corrected chi connectivity index (χ4v) is 6.39. The summed E-state index contributed by atoms with van der Waals surface area (Å²) >= 11 is 5.14. The number of aryl methyl sites for hydroxylation is 1. The standard InChI is InChI=1S/C27H27BrN6O4S/c28-19-11-20-21(38-16-37-20)12-22(19)39-26-32-23-24(29)30-15-31-25(23)34(26)10-8-17-7-4-9-33(13-17)27(35)36-14-18-5-2-1-3-6-18/h1-3,5-6,11-12,15,17H,4,7-10,13-14,16H2,(H2,29,30,31). The molecule has 2 aliphatic rings. The van der Waals surface area contributed by atoms with Gasteiger partial charge in [0.1, 0.15) is 12.9 Å². The van der Waals surface area contributed by atoms with Crippen molar-refractivity contribution in [2.75, 3.05) is 25.6 Å². The van der Waals surface area contributed by atoms with E-state index >= 15 is 0 Å². The molecule has 1 amide bonds. The highest BCUT2D eigenvalue weighted by molar-refractivity contribution is 9.10. The summed E-state index contributed by atoms with van der Waals surface area (Å²) in [6, 6.07) is 13.6. The van der Waals surface area contributed by atoms with E-state index in [9.17, 15) is 4.79 Å². The molecule has 1 unspecified atom stereocenters. The van der Waals surface area contributed by atoms with Crippen molar-refractivity contribution in [3.05, 3.63) is 58.8 Å². The van der Waals surface area contributed by atoms with Crippen LogP contribution in [0.1, 0.15) is 24.8 Å². The minimum atomic E-state index is -0.263. The second-order valence-corrected chi connectivity index (χ2v) is 11.4. The molecule has 0 saturated carbocycles. The predicted molar refractivity (Wildman–Crippen MR) is 150 cm³/mol. The number of anilines is 1. The third kappa shape index (κ3) is 5.62. The highest BCUT2D eigenvalue weighted by Gasteiger charge is 2.26. The number of nitrogen functional groups attached to an aromatic ring is 1. The van der Waals surface area contributed by atoms with Gasteiger partial charge in [-0.3, -0.25) is 0 Å². The van der Waals surface area contributed by atoms with Gasteiger partial charge in [-0.2, -0.15) is 0 Å². The molecule has 10 nitrogen and oxygen atoms in total. The fourth-order valence-electron chi connectivity index (χ4n) is 4.88. The van der Waals surface area contributed by atoms with Crippen molar-refractivity contribution >= 4 is 50.8 Å². The first-order valence-electron chi connectivity index (χ1n) is 12.7.